The van der Waals surface area contributed by atoms with Gasteiger partial charge in [0, 0.05) is 32.0 Å². The Hall–Kier alpha value is -0.610. The Morgan fingerprint density at radius 2 is 1.93 bits per heavy atom. The first kappa shape index (κ1) is 12.5. The van der Waals surface area contributed by atoms with Gasteiger partial charge in [-0.25, -0.2) is 0 Å². The number of aliphatic hydroxyl groups excluding tert-OH is 1. The molecule has 0 aromatic carbocycles. The summed E-state index contributed by atoms with van der Waals surface area (Å²) in [6.45, 7) is 5.15. The van der Waals surface area contributed by atoms with E-state index >= 15 is 0 Å². The van der Waals surface area contributed by atoms with Crippen molar-refractivity contribution in [1.82, 2.24) is 4.90 Å². The maximum Gasteiger partial charge on any atom is 0.248 e. The Bertz CT molecular complexity index is 208. The summed E-state index contributed by atoms with van der Waals surface area (Å²) in [5.41, 5.74) is 0. The number of amides is 1. The van der Waals surface area contributed by atoms with E-state index in [1.807, 2.05) is 13.8 Å². The van der Waals surface area contributed by atoms with E-state index < -0.39 is 0 Å². The molecule has 0 aromatic heterocycles. The summed E-state index contributed by atoms with van der Waals surface area (Å²) in [4.78, 5) is 12.9. The van der Waals surface area contributed by atoms with Gasteiger partial charge >= 0.3 is 0 Å². The van der Waals surface area contributed by atoms with Crippen LogP contribution in [0.5, 0.6) is 0 Å². The van der Waals surface area contributed by atoms with Gasteiger partial charge in [-0.15, -0.1) is 0 Å². The fraction of sp³-hybridized carbons (Fsp3) is 0.909. The van der Waals surface area contributed by atoms with Crippen molar-refractivity contribution in [2.75, 3.05) is 26.8 Å². The van der Waals surface area contributed by atoms with Crippen molar-refractivity contribution >= 4 is 5.91 Å². The Balaban J connectivity index is 0.000000531. The number of carbonyl (C=O) groups is 1. The smallest absolute Gasteiger partial charge is 0.248 e. The second-order valence-electron chi connectivity index (χ2n) is 3.91. The molecule has 3 aliphatic rings. The number of fused-ring (bicyclic) bond motifs is 2. The average molecular weight is 215 g/mol. The highest BCUT2D eigenvalue weighted by Gasteiger charge is 2.47. The minimum atomic E-state index is -0.364. The number of hydrogen-bond donors (Lipinski definition) is 1. The topological polar surface area (TPSA) is 49.8 Å². The fourth-order valence-corrected chi connectivity index (χ4v) is 2.53. The van der Waals surface area contributed by atoms with Crippen LogP contribution in [0.3, 0.4) is 0 Å². The van der Waals surface area contributed by atoms with Gasteiger partial charge in [0.15, 0.2) is 0 Å². The van der Waals surface area contributed by atoms with Crippen molar-refractivity contribution in [2.45, 2.75) is 26.4 Å². The molecule has 2 saturated heterocycles. The number of carbonyl (C=O) groups excluding carboxylic acids is 1. The third kappa shape index (κ3) is 2.32. The van der Waals surface area contributed by atoms with Crippen LogP contribution in [0, 0.1) is 11.8 Å². The standard InChI is InChI=1S/C9H15NO3.C2H6/c1-13-9-6-2-7(9)4-10(3-6)8(12)5-11;1-2/h6-7,9,11H,2-5H2,1H3;1-2H3. The molecule has 1 N–H and O–H groups in total. The Labute approximate surface area is 91.2 Å². The van der Waals surface area contributed by atoms with Crippen LogP contribution in [-0.2, 0) is 9.53 Å². The zero-order valence-electron chi connectivity index (χ0n) is 9.77. The molecule has 0 spiro atoms. The minimum Gasteiger partial charge on any atom is -0.387 e. The molecule has 0 aromatic rings. The molecular formula is C11H21NO3. The number of nitrogens with zero attached hydrogens (tertiary/aromatic N) is 1. The zero-order chi connectivity index (χ0) is 11.4. The van der Waals surface area contributed by atoms with Crippen molar-refractivity contribution in [3.63, 3.8) is 0 Å². The predicted octanol–water partition coefficient (Wildman–Crippen LogP) is 0.498. The highest BCUT2D eigenvalue weighted by Crippen LogP contribution is 2.41. The number of rotatable bonds is 2. The van der Waals surface area contributed by atoms with Gasteiger partial charge < -0.3 is 14.7 Å². The van der Waals surface area contributed by atoms with Crippen LogP contribution in [0.2, 0.25) is 0 Å². The molecule has 4 nitrogen and oxygen atoms in total. The molecule has 4 heteroatoms. The number of hydrogen-bond acceptors (Lipinski definition) is 3. The highest BCUT2D eigenvalue weighted by atomic mass is 16.5. The van der Waals surface area contributed by atoms with E-state index in [1.54, 1.807) is 12.0 Å². The normalized spacial score (nSPS) is 32.5. The SMILES string of the molecule is CC.COC1C2CC1CN(C(=O)CO)C2. The van der Waals surface area contributed by atoms with Crippen LogP contribution >= 0.6 is 0 Å². The molecule has 2 aliphatic heterocycles. The van der Waals surface area contributed by atoms with Crippen molar-refractivity contribution in [2.24, 2.45) is 11.8 Å². The lowest BCUT2D eigenvalue weighted by molar-refractivity contribution is -0.158. The maximum absolute atomic E-state index is 11.2. The van der Waals surface area contributed by atoms with Crippen molar-refractivity contribution < 1.29 is 14.6 Å². The van der Waals surface area contributed by atoms with Gasteiger partial charge in [-0.3, -0.25) is 4.79 Å². The summed E-state index contributed by atoms with van der Waals surface area (Å²) < 4.78 is 5.31. The average Bonchev–Trinajstić information content (AvgIpc) is 2.31. The van der Waals surface area contributed by atoms with Crippen LogP contribution in [-0.4, -0.2) is 48.8 Å². The third-order valence-corrected chi connectivity index (χ3v) is 3.20. The zero-order valence-corrected chi connectivity index (χ0v) is 9.77. The summed E-state index contributed by atoms with van der Waals surface area (Å²) in [6.07, 6.45) is 1.52. The van der Waals surface area contributed by atoms with Gasteiger partial charge in [0.05, 0.1) is 6.10 Å². The first-order valence-electron chi connectivity index (χ1n) is 5.67. The largest absolute Gasteiger partial charge is 0.387 e. The van der Waals surface area contributed by atoms with Crippen LogP contribution in [0.25, 0.3) is 0 Å². The maximum atomic E-state index is 11.2. The van der Waals surface area contributed by atoms with Gasteiger partial charge in [0.25, 0.3) is 0 Å². The van der Waals surface area contributed by atoms with Crippen molar-refractivity contribution in [3.8, 4) is 0 Å². The number of aliphatic hydroxyl groups is 1. The first-order valence-corrected chi connectivity index (χ1v) is 5.67. The lowest BCUT2D eigenvalue weighted by Gasteiger charge is -2.52. The summed E-state index contributed by atoms with van der Waals surface area (Å²) in [6, 6.07) is 0. The number of piperidine rings is 2. The van der Waals surface area contributed by atoms with Crippen LogP contribution in [0.1, 0.15) is 20.3 Å². The first-order chi connectivity index (χ1) is 7.26. The molecule has 3 fully saturated rings. The molecule has 3 rings (SSSR count). The van der Waals surface area contributed by atoms with Crippen molar-refractivity contribution in [1.29, 1.82) is 0 Å². The lowest BCUT2D eigenvalue weighted by atomic mass is 9.68. The minimum absolute atomic E-state index is 0.149. The van der Waals surface area contributed by atoms with E-state index in [0.717, 1.165) is 13.1 Å². The second kappa shape index (κ2) is 5.47. The lowest BCUT2D eigenvalue weighted by Crippen LogP contribution is -2.60. The molecule has 2 unspecified atom stereocenters. The van der Waals surface area contributed by atoms with E-state index in [2.05, 4.69) is 0 Å². The molecular weight excluding hydrogens is 194 g/mol. The molecule has 88 valence electrons. The summed E-state index contributed by atoms with van der Waals surface area (Å²) in [7, 11) is 1.73. The predicted molar refractivity (Wildman–Crippen MR) is 57.4 cm³/mol. The molecule has 2 bridgehead atoms. The fourth-order valence-electron chi connectivity index (χ4n) is 2.53. The second-order valence-corrected chi connectivity index (χ2v) is 3.91. The summed E-state index contributed by atoms with van der Waals surface area (Å²) in [5.74, 6) is 0.850. The number of ether oxygens (including phenoxy) is 1. The van der Waals surface area contributed by atoms with E-state index in [4.69, 9.17) is 9.84 Å². The van der Waals surface area contributed by atoms with E-state index in [9.17, 15) is 4.79 Å². The molecule has 1 aliphatic carbocycles. The van der Waals surface area contributed by atoms with Gasteiger partial charge in [0.1, 0.15) is 6.61 Å². The molecule has 0 radical (unpaired) electrons. The highest BCUT2D eigenvalue weighted by molar-refractivity contribution is 5.77. The Morgan fingerprint density at radius 3 is 2.33 bits per heavy atom. The van der Waals surface area contributed by atoms with Crippen LogP contribution < -0.4 is 0 Å². The van der Waals surface area contributed by atoms with Crippen molar-refractivity contribution in [3.05, 3.63) is 0 Å². The van der Waals surface area contributed by atoms with Gasteiger partial charge in [-0.2, -0.15) is 0 Å². The molecule has 1 saturated carbocycles. The Morgan fingerprint density at radius 1 is 1.40 bits per heavy atom. The Kier molecular flexibility index (Phi) is 4.54. The molecule has 1 amide bonds. The van der Waals surface area contributed by atoms with E-state index in [0.29, 0.717) is 17.9 Å². The van der Waals surface area contributed by atoms with Gasteiger partial charge in [-0.05, 0) is 6.42 Å². The monoisotopic (exact) mass is 215 g/mol. The quantitative estimate of drug-likeness (QED) is 0.729. The summed E-state index contributed by atoms with van der Waals surface area (Å²) >= 11 is 0. The van der Waals surface area contributed by atoms with Gasteiger partial charge in [0.2, 0.25) is 5.91 Å². The van der Waals surface area contributed by atoms with E-state index in [1.165, 1.54) is 6.42 Å². The molecule has 2 atom stereocenters. The van der Waals surface area contributed by atoms with Crippen LogP contribution in [0.15, 0.2) is 0 Å². The van der Waals surface area contributed by atoms with E-state index in [-0.39, 0.29) is 12.5 Å². The number of methoxy groups -OCH3 is 1. The molecule has 2 heterocycles. The van der Waals surface area contributed by atoms with Crippen LogP contribution in [0.4, 0.5) is 0 Å². The third-order valence-electron chi connectivity index (χ3n) is 3.20. The molecule has 15 heavy (non-hydrogen) atoms. The van der Waals surface area contributed by atoms with Gasteiger partial charge in [-0.1, -0.05) is 13.8 Å². The summed E-state index contributed by atoms with van der Waals surface area (Å²) in [5, 5.41) is 8.69.